The minimum Gasteiger partial charge on any atom is -0.237 e. The van der Waals surface area contributed by atoms with Gasteiger partial charge in [0, 0.05) is 10.0 Å². The Morgan fingerprint density at radius 1 is 1.13 bits per heavy atom. The molecule has 0 aliphatic carbocycles. The molecule has 0 heterocycles. The highest BCUT2D eigenvalue weighted by atomic mass is 79.9. The molecule has 3 nitrogen and oxygen atoms in total. The number of benzene rings is 1. The summed E-state index contributed by atoms with van der Waals surface area (Å²) in [4.78, 5) is 3.33. The van der Waals surface area contributed by atoms with Gasteiger partial charge in [0.2, 0.25) is 5.69 Å². The van der Waals surface area contributed by atoms with Crippen LogP contribution in [-0.2, 0) is 0 Å². The first-order valence-electron chi connectivity index (χ1n) is 4.08. The van der Waals surface area contributed by atoms with Crippen LogP contribution in [0, 0.1) is 43.1 Å². The summed E-state index contributed by atoms with van der Waals surface area (Å²) in [5, 5.41) is 17.9. The van der Waals surface area contributed by atoms with Gasteiger partial charge in [-0.2, -0.15) is 10.5 Å². The van der Waals surface area contributed by atoms with E-state index in [1.54, 1.807) is 13.8 Å². The number of halogens is 1. The molecular weight excluding hydrogens is 254 g/mol. The maximum absolute atomic E-state index is 8.95. The zero-order valence-electron chi connectivity index (χ0n) is 8.22. The van der Waals surface area contributed by atoms with Crippen LogP contribution in [0.2, 0.25) is 0 Å². The molecule has 0 saturated carbocycles. The van der Waals surface area contributed by atoms with Gasteiger partial charge in [0.1, 0.15) is 0 Å². The fourth-order valence-electron chi connectivity index (χ4n) is 1.41. The fraction of sp³-hybridized carbons (Fsp3) is 0.182. The van der Waals surface area contributed by atoms with E-state index >= 15 is 0 Å². The van der Waals surface area contributed by atoms with Crippen molar-refractivity contribution in [1.29, 1.82) is 10.5 Å². The van der Waals surface area contributed by atoms with Crippen LogP contribution in [0.25, 0.3) is 4.85 Å². The molecule has 0 saturated heterocycles. The van der Waals surface area contributed by atoms with Crippen molar-refractivity contribution < 1.29 is 0 Å². The van der Waals surface area contributed by atoms with Crippen LogP contribution >= 0.6 is 15.9 Å². The molecule has 0 atom stereocenters. The van der Waals surface area contributed by atoms with E-state index in [1.165, 1.54) is 0 Å². The second kappa shape index (κ2) is 4.13. The van der Waals surface area contributed by atoms with Crippen molar-refractivity contribution in [2.24, 2.45) is 0 Å². The van der Waals surface area contributed by atoms with E-state index in [4.69, 9.17) is 17.1 Å². The predicted molar refractivity (Wildman–Crippen MR) is 59.3 cm³/mol. The van der Waals surface area contributed by atoms with Crippen LogP contribution in [0.15, 0.2) is 4.47 Å². The molecule has 0 amide bonds. The normalized spacial score (nSPS) is 8.80. The van der Waals surface area contributed by atoms with Crippen molar-refractivity contribution in [1.82, 2.24) is 0 Å². The summed E-state index contributed by atoms with van der Waals surface area (Å²) in [6.07, 6.45) is 0. The monoisotopic (exact) mass is 259 g/mol. The molecule has 1 aromatic carbocycles. The van der Waals surface area contributed by atoms with Crippen LogP contribution in [0.4, 0.5) is 5.69 Å². The molecule has 1 rings (SSSR count). The Labute approximate surface area is 96.5 Å². The number of hydrogen-bond donors (Lipinski definition) is 0. The lowest BCUT2D eigenvalue weighted by molar-refractivity contribution is 1.29. The van der Waals surface area contributed by atoms with Gasteiger partial charge in [-0.05, 0) is 25.0 Å². The maximum atomic E-state index is 8.95. The minimum atomic E-state index is 0.341. The smallest absolute Gasteiger partial charge is 0.206 e. The lowest BCUT2D eigenvalue weighted by Gasteiger charge is -2.09. The van der Waals surface area contributed by atoms with Crippen molar-refractivity contribution in [3.05, 3.63) is 38.1 Å². The molecule has 0 aromatic heterocycles. The van der Waals surface area contributed by atoms with Gasteiger partial charge in [-0.25, -0.2) is 4.85 Å². The van der Waals surface area contributed by atoms with E-state index in [9.17, 15) is 0 Å². The highest BCUT2D eigenvalue weighted by molar-refractivity contribution is 9.10. The van der Waals surface area contributed by atoms with E-state index in [2.05, 4.69) is 20.8 Å². The number of nitriles is 2. The summed E-state index contributed by atoms with van der Waals surface area (Å²) >= 11 is 3.22. The Balaban J connectivity index is 3.88. The third-order valence-corrected chi connectivity index (χ3v) is 3.02. The Morgan fingerprint density at radius 3 is 2.07 bits per heavy atom. The maximum Gasteiger partial charge on any atom is 0.206 e. The Bertz CT molecular complexity index is 451. The fourth-order valence-corrected chi connectivity index (χ4v) is 2.18. The van der Waals surface area contributed by atoms with E-state index < -0.39 is 0 Å². The SMILES string of the molecule is [C-]#[N+]c1c(C)c(C#N)c(C)c(C#N)c1Br. The van der Waals surface area contributed by atoms with Crippen LogP contribution < -0.4 is 0 Å². The molecule has 0 N–H and O–H groups in total. The third kappa shape index (κ3) is 1.59. The van der Waals surface area contributed by atoms with Crippen LogP contribution in [0.3, 0.4) is 0 Å². The van der Waals surface area contributed by atoms with Crippen molar-refractivity contribution in [3.8, 4) is 12.1 Å². The van der Waals surface area contributed by atoms with Gasteiger partial charge < -0.3 is 0 Å². The van der Waals surface area contributed by atoms with Crippen LogP contribution in [0.5, 0.6) is 0 Å². The summed E-state index contributed by atoms with van der Waals surface area (Å²) in [5.41, 5.74) is 2.37. The summed E-state index contributed by atoms with van der Waals surface area (Å²) in [6.45, 7) is 10.4. The van der Waals surface area contributed by atoms with Crippen molar-refractivity contribution in [3.63, 3.8) is 0 Å². The zero-order chi connectivity index (χ0) is 11.6. The van der Waals surface area contributed by atoms with Crippen LogP contribution in [0.1, 0.15) is 22.3 Å². The summed E-state index contributed by atoms with van der Waals surface area (Å²) in [7, 11) is 0. The van der Waals surface area contributed by atoms with Crippen molar-refractivity contribution in [2.45, 2.75) is 13.8 Å². The molecule has 0 unspecified atom stereocenters. The topological polar surface area (TPSA) is 51.9 Å². The molecular formula is C11H6BrN3. The first kappa shape index (κ1) is 11.2. The third-order valence-electron chi connectivity index (χ3n) is 2.24. The number of nitrogens with zero attached hydrogens (tertiary/aromatic N) is 3. The quantitative estimate of drug-likeness (QED) is 0.671. The van der Waals surface area contributed by atoms with E-state index in [0.717, 1.165) is 0 Å². The largest absolute Gasteiger partial charge is 0.237 e. The highest BCUT2D eigenvalue weighted by Gasteiger charge is 2.17. The molecule has 15 heavy (non-hydrogen) atoms. The average molecular weight is 260 g/mol. The summed E-state index contributed by atoms with van der Waals surface area (Å²) < 4.78 is 0.481. The van der Waals surface area contributed by atoms with Crippen molar-refractivity contribution in [2.75, 3.05) is 0 Å². The standard InChI is InChI=1S/C11H6BrN3/c1-6-8(4-13)7(2)11(15-3)10(12)9(6)5-14/h1-2H3. The van der Waals surface area contributed by atoms with Gasteiger partial charge in [0.05, 0.1) is 24.3 Å². The van der Waals surface area contributed by atoms with Gasteiger partial charge in [-0.1, -0.05) is 15.9 Å². The molecule has 1 aromatic rings. The van der Waals surface area contributed by atoms with E-state index in [0.29, 0.717) is 32.4 Å². The molecule has 0 aliphatic heterocycles. The minimum absolute atomic E-state index is 0.341. The van der Waals surface area contributed by atoms with Gasteiger partial charge in [0.25, 0.3) is 0 Å². The highest BCUT2D eigenvalue weighted by Crippen LogP contribution is 2.36. The number of hydrogen-bond acceptors (Lipinski definition) is 2. The predicted octanol–water partition coefficient (Wildman–Crippen LogP) is 3.36. The van der Waals surface area contributed by atoms with Gasteiger partial charge in [-0.15, -0.1) is 0 Å². The molecule has 0 bridgehead atoms. The lowest BCUT2D eigenvalue weighted by atomic mass is 9.97. The number of rotatable bonds is 0. The summed E-state index contributed by atoms with van der Waals surface area (Å²) in [6, 6.07) is 4.02. The second-order valence-electron chi connectivity index (χ2n) is 3.00. The van der Waals surface area contributed by atoms with Gasteiger partial charge in [-0.3, -0.25) is 0 Å². The van der Waals surface area contributed by atoms with Gasteiger partial charge in [0.15, 0.2) is 0 Å². The average Bonchev–Trinajstić information content (AvgIpc) is 2.19. The van der Waals surface area contributed by atoms with E-state index in [-0.39, 0.29) is 0 Å². The zero-order valence-corrected chi connectivity index (χ0v) is 9.81. The Kier molecular flexibility index (Phi) is 3.10. The first-order chi connectivity index (χ1) is 7.08. The van der Waals surface area contributed by atoms with Crippen LogP contribution in [-0.4, -0.2) is 0 Å². The Morgan fingerprint density at radius 2 is 1.67 bits per heavy atom. The Hall–Kier alpha value is -1.83. The molecule has 4 heteroatoms. The molecule has 0 radical (unpaired) electrons. The van der Waals surface area contributed by atoms with Gasteiger partial charge >= 0.3 is 0 Å². The van der Waals surface area contributed by atoms with Crippen molar-refractivity contribution >= 4 is 21.6 Å². The first-order valence-corrected chi connectivity index (χ1v) is 4.88. The molecule has 0 fully saturated rings. The second-order valence-corrected chi connectivity index (χ2v) is 3.79. The molecule has 0 aliphatic rings. The molecule has 0 spiro atoms. The summed E-state index contributed by atoms with van der Waals surface area (Å²) in [5.74, 6) is 0. The van der Waals surface area contributed by atoms with E-state index in [1.807, 2.05) is 12.1 Å². The molecule has 72 valence electrons. The lowest BCUT2D eigenvalue weighted by Crippen LogP contribution is -1.94.